The van der Waals surface area contributed by atoms with Gasteiger partial charge in [-0.1, -0.05) is 19.1 Å². The van der Waals surface area contributed by atoms with Crippen molar-refractivity contribution in [2.24, 2.45) is 0 Å². The van der Waals surface area contributed by atoms with Crippen LogP contribution in [0.2, 0.25) is 0 Å². The normalized spacial score (nSPS) is 19.5. The molecule has 5 nitrogen and oxygen atoms in total. The van der Waals surface area contributed by atoms with Crippen molar-refractivity contribution in [3.8, 4) is 5.75 Å². The van der Waals surface area contributed by atoms with Crippen LogP contribution in [0, 0.1) is 0 Å². The van der Waals surface area contributed by atoms with Crippen LogP contribution in [0.5, 0.6) is 5.75 Å². The summed E-state index contributed by atoms with van der Waals surface area (Å²) in [5.41, 5.74) is 1.08. The molecule has 23 heavy (non-hydrogen) atoms. The van der Waals surface area contributed by atoms with Crippen molar-refractivity contribution in [2.45, 2.75) is 38.6 Å². The number of methoxy groups -OCH3 is 1. The van der Waals surface area contributed by atoms with E-state index in [4.69, 9.17) is 4.74 Å². The van der Waals surface area contributed by atoms with Crippen molar-refractivity contribution in [1.29, 1.82) is 0 Å². The minimum Gasteiger partial charge on any atom is -0.497 e. The number of aryl methyl sites for hydroxylation is 1. The molecule has 1 unspecified atom stereocenters. The number of rotatable bonds is 7. The molecule has 0 N–H and O–H groups in total. The minimum absolute atomic E-state index is 0.0461. The first-order valence-corrected chi connectivity index (χ1v) is 9.90. The number of benzene rings is 1. The highest BCUT2D eigenvalue weighted by atomic mass is 32.2. The topological polar surface area (TPSA) is 63.7 Å². The summed E-state index contributed by atoms with van der Waals surface area (Å²) >= 11 is 0. The Labute approximate surface area is 138 Å². The molecule has 1 fully saturated rings. The van der Waals surface area contributed by atoms with Crippen LogP contribution >= 0.6 is 0 Å². The molecule has 1 saturated heterocycles. The fourth-order valence-corrected chi connectivity index (χ4v) is 4.69. The number of sulfone groups is 1. The minimum atomic E-state index is -2.97. The Balaban J connectivity index is 1.95. The SMILES string of the molecule is CCCN(C(=O)CCc1ccc(OC)cc1)C1CCS(=O)(=O)C1. The van der Waals surface area contributed by atoms with Gasteiger partial charge < -0.3 is 9.64 Å². The molecular formula is C17H25NO4S. The summed E-state index contributed by atoms with van der Waals surface area (Å²) in [6, 6.07) is 7.52. The predicted octanol–water partition coefficient (Wildman–Crippen LogP) is 2.05. The van der Waals surface area contributed by atoms with Crippen LogP contribution in [0.25, 0.3) is 0 Å². The van der Waals surface area contributed by atoms with Gasteiger partial charge in [0, 0.05) is 19.0 Å². The molecule has 0 spiro atoms. The van der Waals surface area contributed by atoms with Gasteiger partial charge >= 0.3 is 0 Å². The molecule has 1 heterocycles. The van der Waals surface area contributed by atoms with Crippen LogP contribution < -0.4 is 4.74 Å². The maximum Gasteiger partial charge on any atom is 0.223 e. The maximum absolute atomic E-state index is 12.5. The van der Waals surface area contributed by atoms with Gasteiger partial charge in [-0.05, 0) is 37.0 Å². The zero-order valence-electron chi connectivity index (χ0n) is 13.8. The summed E-state index contributed by atoms with van der Waals surface area (Å²) in [7, 11) is -1.35. The average Bonchev–Trinajstić information content (AvgIpc) is 2.90. The third kappa shape index (κ3) is 4.96. The second-order valence-corrected chi connectivity index (χ2v) is 8.22. The fourth-order valence-electron chi connectivity index (χ4n) is 2.96. The third-order valence-corrected chi connectivity index (χ3v) is 5.97. The second kappa shape index (κ2) is 7.81. The first kappa shape index (κ1) is 17.8. The number of ether oxygens (including phenoxy) is 1. The maximum atomic E-state index is 12.5. The Kier molecular flexibility index (Phi) is 6.04. The van der Waals surface area contributed by atoms with Crippen molar-refractivity contribution in [3.05, 3.63) is 29.8 Å². The van der Waals surface area contributed by atoms with Gasteiger partial charge in [0.25, 0.3) is 0 Å². The largest absolute Gasteiger partial charge is 0.497 e. The van der Waals surface area contributed by atoms with Gasteiger partial charge in [0.05, 0.1) is 18.6 Å². The van der Waals surface area contributed by atoms with Gasteiger partial charge in [-0.15, -0.1) is 0 Å². The highest BCUT2D eigenvalue weighted by Crippen LogP contribution is 2.20. The molecule has 1 atom stereocenters. The summed E-state index contributed by atoms with van der Waals surface area (Å²) in [5.74, 6) is 1.15. The van der Waals surface area contributed by atoms with E-state index in [2.05, 4.69) is 0 Å². The summed E-state index contributed by atoms with van der Waals surface area (Å²) < 4.78 is 28.4. The molecule has 0 saturated carbocycles. The predicted molar refractivity (Wildman–Crippen MR) is 90.4 cm³/mol. The van der Waals surface area contributed by atoms with Crippen LogP contribution in [0.1, 0.15) is 31.7 Å². The first-order chi connectivity index (χ1) is 10.9. The monoisotopic (exact) mass is 339 g/mol. The van der Waals surface area contributed by atoms with Crippen molar-refractivity contribution in [3.63, 3.8) is 0 Å². The van der Waals surface area contributed by atoms with Crippen molar-refractivity contribution < 1.29 is 17.9 Å². The number of carbonyl (C=O) groups is 1. The van der Waals surface area contributed by atoms with Crippen molar-refractivity contribution in [2.75, 3.05) is 25.2 Å². The Hall–Kier alpha value is -1.56. The Morgan fingerprint density at radius 1 is 1.30 bits per heavy atom. The van der Waals surface area contributed by atoms with Crippen LogP contribution in [0.3, 0.4) is 0 Å². The first-order valence-electron chi connectivity index (χ1n) is 8.08. The lowest BCUT2D eigenvalue weighted by atomic mass is 10.1. The molecule has 1 aliphatic rings. The lowest BCUT2D eigenvalue weighted by molar-refractivity contribution is -0.133. The van der Waals surface area contributed by atoms with Gasteiger partial charge in [0.2, 0.25) is 5.91 Å². The lowest BCUT2D eigenvalue weighted by Gasteiger charge is -2.28. The molecule has 0 aliphatic carbocycles. The molecule has 128 valence electrons. The van der Waals surface area contributed by atoms with E-state index < -0.39 is 9.84 Å². The van der Waals surface area contributed by atoms with E-state index in [0.717, 1.165) is 17.7 Å². The summed E-state index contributed by atoms with van der Waals surface area (Å²) in [6.07, 6.45) is 2.47. The van der Waals surface area contributed by atoms with E-state index in [9.17, 15) is 13.2 Å². The summed E-state index contributed by atoms with van der Waals surface area (Å²) in [6.45, 7) is 2.63. The summed E-state index contributed by atoms with van der Waals surface area (Å²) in [5, 5.41) is 0. The molecule has 1 amide bonds. The van der Waals surface area contributed by atoms with Crippen LogP contribution in [-0.4, -0.2) is 50.4 Å². The van der Waals surface area contributed by atoms with Gasteiger partial charge in [0.1, 0.15) is 5.75 Å². The van der Waals surface area contributed by atoms with Crippen molar-refractivity contribution >= 4 is 15.7 Å². The average molecular weight is 339 g/mol. The molecule has 0 bridgehead atoms. The third-order valence-electron chi connectivity index (χ3n) is 4.22. The fraction of sp³-hybridized carbons (Fsp3) is 0.588. The number of amides is 1. The molecule has 0 aromatic heterocycles. The van der Waals surface area contributed by atoms with E-state index in [-0.39, 0.29) is 23.5 Å². The molecule has 1 aromatic rings. The lowest BCUT2D eigenvalue weighted by Crippen LogP contribution is -2.41. The van der Waals surface area contributed by atoms with Crippen molar-refractivity contribution in [1.82, 2.24) is 4.90 Å². The summed E-state index contributed by atoms with van der Waals surface area (Å²) in [4.78, 5) is 14.3. The van der Waals surface area contributed by atoms with Crippen LogP contribution in [0.4, 0.5) is 0 Å². The Bertz CT molecular complexity index is 624. The van der Waals surface area contributed by atoms with Gasteiger partial charge in [-0.25, -0.2) is 8.42 Å². The zero-order chi connectivity index (χ0) is 16.9. The van der Waals surface area contributed by atoms with Gasteiger partial charge in [-0.3, -0.25) is 4.79 Å². The molecule has 6 heteroatoms. The van der Waals surface area contributed by atoms with E-state index in [1.165, 1.54) is 0 Å². The van der Waals surface area contributed by atoms with E-state index in [1.807, 2.05) is 31.2 Å². The van der Waals surface area contributed by atoms with Gasteiger partial charge in [-0.2, -0.15) is 0 Å². The smallest absolute Gasteiger partial charge is 0.223 e. The highest BCUT2D eigenvalue weighted by molar-refractivity contribution is 7.91. The Morgan fingerprint density at radius 2 is 2.00 bits per heavy atom. The number of carbonyl (C=O) groups excluding carboxylic acids is 1. The van der Waals surface area contributed by atoms with Crippen LogP contribution in [-0.2, 0) is 21.1 Å². The molecular weight excluding hydrogens is 314 g/mol. The quantitative estimate of drug-likeness (QED) is 0.763. The second-order valence-electron chi connectivity index (χ2n) is 5.99. The molecule has 1 aromatic carbocycles. The molecule has 1 aliphatic heterocycles. The number of nitrogens with zero attached hydrogens (tertiary/aromatic N) is 1. The van der Waals surface area contributed by atoms with E-state index in [1.54, 1.807) is 12.0 Å². The zero-order valence-corrected chi connectivity index (χ0v) is 14.6. The molecule has 2 rings (SSSR count). The highest BCUT2D eigenvalue weighted by Gasteiger charge is 2.33. The number of hydrogen-bond acceptors (Lipinski definition) is 4. The number of hydrogen-bond donors (Lipinski definition) is 0. The molecule has 0 radical (unpaired) electrons. The van der Waals surface area contributed by atoms with Crippen LogP contribution in [0.15, 0.2) is 24.3 Å². The standard InChI is InChI=1S/C17H25NO4S/c1-3-11-18(15-10-12-23(20,21)13-15)17(19)9-6-14-4-7-16(22-2)8-5-14/h4-5,7-8,15H,3,6,9-13H2,1-2H3. The van der Waals surface area contributed by atoms with E-state index in [0.29, 0.717) is 25.8 Å². The Morgan fingerprint density at radius 3 is 2.52 bits per heavy atom. The van der Waals surface area contributed by atoms with Gasteiger partial charge in [0.15, 0.2) is 9.84 Å². The van der Waals surface area contributed by atoms with E-state index >= 15 is 0 Å².